The molecule has 4 aromatic rings. The van der Waals surface area contributed by atoms with Crippen LogP contribution in [0.4, 0.5) is 5.69 Å². The molecule has 30 heavy (non-hydrogen) atoms. The third-order valence-corrected chi connectivity index (χ3v) is 5.65. The van der Waals surface area contributed by atoms with E-state index in [4.69, 9.17) is 45.5 Å². The lowest BCUT2D eigenvalue weighted by atomic mass is 9.97. The molecular formula is C22H13Cl3N4O. The number of hydrogen-bond acceptors (Lipinski definition) is 4. The first-order chi connectivity index (χ1) is 14.3. The third-order valence-electron chi connectivity index (χ3n) is 4.85. The number of nitrogens with zero attached hydrogens (tertiary/aromatic N) is 3. The number of nitriles is 1. The summed E-state index contributed by atoms with van der Waals surface area (Å²) in [4.78, 5) is 17.3. The molecule has 0 saturated heterocycles. The molecule has 2 aromatic carbocycles. The second-order valence-corrected chi connectivity index (χ2v) is 7.93. The van der Waals surface area contributed by atoms with Gasteiger partial charge in [0.1, 0.15) is 17.3 Å². The molecule has 0 aliphatic carbocycles. The Balaban J connectivity index is 2.17. The number of pyridine rings is 2. The fourth-order valence-electron chi connectivity index (χ4n) is 3.32. The van der Waals surface area contributed by atoms with Gasteiger partial charge in [-0.25, -0.2) is 4.98 Å². The standard InChI is InChI=1S/C22H13Cl3N4O/c1-29-21-16(19(27)17(10-26)22(29)30)9-15(11-2-4-12(23)5-3-11)20(28-21)14-7-6-13(24)8-18(14)25/h2-9H,27H2,1H3. The van der Waals surface area contributed by atoms with E-state index < -0.39 is 5.56 Å². The molecule has 0 fully saturated rings. The van der Waals surface area contributed by atoms with Gasteiger partial charge in [-0.2, -0.15) is 5.26 Å². The first kappa shape index (κ1) is 20.2. The highest BCUT2D eigenvalue weighted by molar-refractivity contribution is 6.36. The summed E-state index contributed by atoms with van der Waals surface area (Å²) in [6.45, 7) is 0. The highest BCUT2D eigenvalue weighted by Crippen LogP contribution is 2.39. The molecule has 0 aliphatic rings. The van der Waals surface area contributed by atoms with Crippen molar-refractivity contribution in [3.63, 3.8) is 0 Å². The Bertz CT molecular complexity index is 1420. The summed E-state index contributed by atoms with van der Waals surface area (Å²) in [5, 5.41) is 11.4. The second kappa shape index (κ2) is 7.66. The Morgan fingerprint density at radius 1 is 1.00 bits per heavy atom. The average Bonchev–Trinajstić information content (AvgIpc) is 2.72. The number of benzene rings is 2. The molecule has 2 aromatic heterocycles. The van der Waals surface area contributed by atoms with Crippen LogP contribution in [0.2, 0.25) is 15.1 Å². The summed E-state index contributed by atoms with van der Waals surface area (Å²) in [5.74, 6) is 0. The summed E-state index contributed by atoms with van der Waals surface area (Å²) in [6.07, 6.45) is 0. The maximum absolute atomic E-state index is 12.5. The van der Waals surface area contributed by atoms with Gasteiger partial charge in [0.25, 0.3) is 5.56 Å². The van der Waals surface area contributed by atoms with Crippen molar-refractivity contribution in [3.05, 3.63) is 79.5 Å². The predicted octanol–water partition coefficient (Wildman–Crippen LogP) is 5.68. The molecule has 4 rings (SSSR count). The van der Waals surface area contributed by atoms with Crippen LogP contribution in [0.25, 0.3) is 33.4 Å². The maximum Gasteiger partial charge on any atom is 0.271 e. The number of halogens is 3. The normalized spacial score (nSPS) is 10.9. The fourth-order valence-corrected chi connectivity index (χ4v) is 3.94. The van der Waals surface area contributed by atoms with E-state index in [9.17, 15) is 10.1 Å². The minimum absolute atomic E-state index is 0.0899. The van der Waals surface area contributed by atoms with Crippen molar-refractivity contribution in [2.24, 2.45) is 7.05 Å². The van der Waals surface area contributed by atoms with E-state index in [1.807, 2.05) is 18.2 Å². The lowest BCUT2D eigenvalue weighted by molar-refractivity contribution is 0.885. The molecule has 0 aliphatic heterocycles. The Morgan fingerprint density at radius 2 is 1.67 bits per heavy atom. The highest BCUT2D eigenvalue weighted by Gasteiger charge is 2.20. The van der Waals surface area contributed by atoms with Crippen molar-refractivity contribution in [1.29, 1.82) is 5.26 Å². The van der Waals surface area contributed by atoms with Crippen molar-refractivity contribution in [2.75, 3.05) is 5.73 Å². The lowest BCUT2D eigenvalue weighted by Gasteiger charge is -2.16. The Morgan fingerprint density at radius 3 is 2.30 bits per heavy atom. The van der Waals surface area contributed by atoms with Gasteiger partial charge in [-0.1, -0.05) is 46.9 Å². The zero-order valence-corrected chi connectivity index (χ0v) is 17.8. The summed E-state index contributed by atoms with van der Waals surface area (Å²) >= 11 is 18.6. The smallest absolute Gasteiger partial charge is 0.271 e. The molecule has 0 saturated carbocycles. The molecule has 0 spiro atoms. The molecule has 0 bridgehead atoms. The summed E-state index contributed by atoms with van der Waals surface area (Å²) in [5.41, 5.74) is 8.70. The van der Waals surface area contributed by atoms with Crippen LogP contribution in [0.15, 0.2) is 53.3 Å². The maximum atomic E-state index is 12.5. The molecule has 5 nitrogen and oxygen atoms in total. The molecule has 0 unspecified atom stereocenters. The minimum Gasteiger partial charge on any atom is -0.397 e. The average molecular weight is 456 g/mol. The summed E-state index contributed by atoms with van der Waals surface area (Å²) in [7, 11) is 1.55. The predicted molar refractivity (Wildman–Crippen MR) is 122 cm³/mol. The number of aromatic nitrogens is 2. The third kappa shape index (κ3) is 3.29. The summed E-state index contributed by atoms with van der Waals surface area (Å²) in [6, 6.07) is 16.0. The van der Waals surface area contributed by atoms with Crippen molar-refractivity contribution in [3.8, 4) is 28.5 Å². The van der Waals surface area contributed by atoms with Crippen LogP contribution in [-0.2, 0) is 7.05 Å². The monoisotopic (exact) mass is 454 g/mol. The van der Waals surface area contributed by atoms with E-state index in [-0.39, 0.29) is 11.3 Å². The number of aryl methyl sites for hydroxylation is 1. The Labute approximate surface area is 186 Å². The second-order valence-electron chi connectivity index (χ2n) is 6.65. The van der Waals surface area contributed by atoms with Crippen molar-refractivity contribution < 1.29 is 0 Å². The zero-order chi connectivity index (χ0) is 21.6. The number of anilines is 1. The van der Waals surface area contributed by atoms with Gasteiger partial charge in [0.2, 0.25) is 0 Å². The van der Waals surface area contributed by atoms with E-state index in [1.54, 1.807) is 43.4 Å². The number of rotatable bonds is 2. The summed E-state index contributed by atoms with van der Waals surface area (Å²) < 4.78 is 1.31. The van der Waals surface area contributed by atoms with Crippen molar-refractivity contribution in [1.82, 2.24) is 9.55 Å². The van der Waals surface area contributed by atoms with Crippen molar-refractivity contribution >= 4 is 51.5 Å². The van der Waals surface area contributed by atoms with Gasteiger partial charge >= 0.3 is 0 Å². The fraction of sp³-hybridized carbons (Fsp3) is 0.0455. The van der Waals surface area contributed by atoms with E-state index in [0.717, 1.165) is 11.1 Å². The molecule has 2 N–H and O–H groups in total. The Kier molecular flexibility index (Phi) is 5.17. The first-order valence-corrected chi connectivity index (χ1v) is 9.90. The van der Waals surface area contributed by atoms with Gasteiger partial charge in [-0.15, -0.1) is 0 Å². The van der Waals surface area contributed by atoms with Gasteiger partial charge in [-0.3, -0.25) is 9.36 Å². The molecular weight excluding hydrogens is 443 g/mol. The number of nitrogens with two attached hydrogens (primary N) is 1. The minimum atomic E-state index is -0.512. The van der Waals surface area contributed by atoms with Crippen LogP contribution in [0.1, 0.15) is 5.56 Å². The molecule has 148 valence electrons. The number of fused-ring (bicyclic) bond motifs is 1. The van der Waals surface area contributed by atoms with Gasteiger partial charge in [0, 0.05) is 33.6 Å². The number of hydrogen-bond donors (Lipinski definition) is 1. The van der Waals surface area contributed by atoms with Crippen LogP contribution < -0.4 is 11.3 Å². The van der Waals surface area contributed by atoms with Crippen LogP contribution in [0.5, 0.6) is 0 Å². The zero-order valence-electron chi connectivity index (χ0n) is 15.6. The van der Waals surface area contributed by atoms with Gasteiger partial charge in [0.05, 0.1) is 16.4 Å². The molecule has 0 radical (unpaired) electrons. The molecule has 0 amide bonds. The van der Waals surface area contributed by atoms with E-state index in [0.29, 0.717) is 37.4 Å². The van der Waals surface area contributed by atoms with E-state index >= 15 is 0 Å². The van der Waals surface area contributed by atoms with Crippen LogP contribution >= 0.6 is 34.8 Å². The van der Waals surface area contributed by atoms with Crippen molar-refractivity contribution in [2.45, 2.75) is 0 Å². The van der Waals surface area contributed by atoms with Crippen LogP contribution in [-0.4, -0.2) is 9.55 Å². The lowest BCUT2D eigenvalue weighted by Crippen LogP contribution is -2.22. The number of nitrogen functional groups attached to an aromatic ring is 1. The van der Waals surface area contributed by atoms with Crippen LogP contribution in [0.3, 0.4) is 0 Å². The largest absolute Gasteiger partial charge is 0.397 e. The van der Waals surface area contributed by atoms with E-state index in [2.05, 4.69) is 0 Å². The van der Waals surface area contributed by atoms with Gasteiger partial charge in [-0.05, 0) is 42.0 Å². The van der Waals surface area contributed by atoms with Crippen LogP contribution in [0, 0.1) is 11.3 Å². The highest BCUT2D eigenvalue weighted by atomic mass is 35.5. The molecule has 8 heteroatoms. The first-order valence-electron chi connectivity index (χ1n) is 8.76. The molecule has 0 atom stereocenters. The topological polar surface area (TPSA) is 84.7 Å². The van der Waals surface area contributed by atoms with Gasteiger partial charge < -0.3 is 5.73 Å². The van der Waals surface area contributed by atoms with E-state index in [1.165, 1.54) is 4.57 Å². The SMILES string of the molecule is Cn1c(=O)c(C#N)c(N)c2cc(-c3ccc(Cl)cc3)c(-c3ccc(Cl)cc3Cl)nc21. The Hall–Kier alpha value is -3.04. The quantitative estimate of drug-likeness (QED) is 0.421. The molecule has 2 heterocycles. The van der Waals surface area contributed by atoms with Gasteiger partial charge in [0.15, 0.2) is 0 Å².